The number of H-pyrrole nitrogens is 1. The molecule has 0 amide bonds. The van der Waals surface area contributed by atoms with Crippen molar-refractivity contribution in [2.45, 2.75) is 11.3 Å². The number of rotatable bonds is 4. The van der Waals surface area contributed by atoms with Gasteiger partial charge in [0.05, 0.1) is 17.1 Å². The Morgan fingerprint density at radius 3 is 2.71 bits per heavy atom. The lowest BCUT2D eigenvalue weighted by molar-refractivity contribution is -0.136. The smallest absolute Gasteiger partial charge is 0.304 e. The van der Waals surface area contributed by atoms with Gasteiger partial charge >= 0.3 is 5.97 Å². The number of carboxylic acids is 1. The summed E-state index contributed by atoms with van der Waals surface area (Å²) in [7, 11) is -3.55. The number of aromatic amines is 1. The van der Waals surface area contributed by atoms with Gasteiger partial charge in [0.15, 0.2) is 9.84 Å². The topological polar surface area (TPSA) is 87.2 Å². The van der Waals surface area contributed by atoms with Crippen LogP contribution in [-0.4, -0.2) is 30.2 Å². The Labute approximate surface area is 98.0 Å². The number of fused-ring (bicyclic) bond motifs is 1. The molecule has 0 spiro atoms. The van der Waals surface area contributed by atoms with Gasteiger partial charge in [-0.1, -0.05) is 18.2 Å². The third-order valence-electron chi connectivity index (χ3n) is 2.47. The Bertz CT molecular complexity index is 657. The summed E-state index contributed by atoms with van der Waals surface area (Å²) < 4.78 is 23.9. The monoisotopic (exact) mass is 253 g/mol. The lowest BCUT2D eigenvalue weighted by Crippen LogP contribution is -2.10. The van der Waals surface area contributed by atoms with E-state index in [-0.39, 0.29) is 17.1 Å². The Morgan fingerprint density at radius 1 is 1.29 bits per heavy atom. The van der Waals surface area contributed by atoms with Crippen LogP contribution < -0.4 is 0 Å². The van der Waals surface area contributed by atoms with Gasteiger partial charge in [0, 0.05) is 17.1 Å². The standard InChI is InChI=1S/C11H11NO4S/c13-11(14)5-6-17(15,16)10-7-12-9-4-2-1-3-8(9)10/h1-4,7,12H,5-6H2,(H,13,14). The molecule has 6 heteroatoms. The lowest BCUT2D eigenvalue weighted by atomic mass is 10.2. The van der Waals surface area contributed by atoms with E-state index >= 15 is 0 Å². The van der Waals surface area contributed by atoms with Gasteiger partial charge in [-0.3, -0.25) is 4.79 Å². The van der Waals surface area contributed by atoms with Crippen LogP contribution in [0.25, 0.3) is 10.9 Å². The Balaban J connectivity index is 2.42. The summed E-state index contributed by atoms with van der Waals surface area (Å²) in [5, 5.41) is 9.11. The summed E-state index contributed by atoms with van der Waals surface area (Å²) in [6.07, 6.45) is 1.02. The molecular weight excluding hydrogens is 242 g/mol. The molecule has 2 rings (SSSR count). The first kappa shape index (κ1) is 11.7. The van der Waals surface area contributed by atoms with Crippen LogP contribution in [0.4, 0.5) is 0 Å². The minimum absolute atomic E-state index is 0.161. The van der Waals surface area contributed by atoms with Crippen LogP contribution in [0.2, 0.25) is 0 Å². The molecule has 17 heavy (non-hydrogen) atoms. The van der Waals surface area contributed by atoms with Gasteiger partial charge in [-0.25, -0.2) is 8.42 Å². The van der Waals surface area contributed by atoms with Gasteiger partial charge in [-0.2, -0.15) is 0 Å². The van der Waals surface area contributed by atoms with Gasteiger partial charge in [-0.15, -0.1) is 0 Å². The fourth-order valence-corrected chi connectivity index (χ4v) is 3.05. The van der Waals surface area contributed by atoms with Crippen molar-refractivity contribution < 1.29 is 18.3 Å². The van der Waals surface area contributed by atoms with Crippen molar-refractivity contribution in [1.82, 2.24) is 4.98 Å². The predicted octanol–water partition coefficient (Wildman–Crippen LogP) is 1.42. The Hall–Kier alpha value is -1.82. The number of carboxylic acid groups (broad SMARTS) is 1. The molecule has 90 valence electrons. The molecule has 0 saturated heterocycles. The summed E-state index contributed by atoms with van der Waals surface area (Å²) in [5.74, 6) is -1.50. The quantitative estimate of drug-likeness (QED) is 0.862. The van der Waals surface area contributed by atoms with Gasteiger partial charge in [0.1, 0.15) is 0 Å². The molecule has 1 aromatic carbocycles. The minimum Gasteiger partial charge on any atom is -0.481 e. The average Bonchev–Trinajstić information content (AvgIpc) is 2.71. The molecule has 2 aromatic rings. The summed E-state index contributed by atoms with van der Waals surface area (Å²) in [6.45, 7) is 0. The zero-order valence-electron chi connectivity index (χ0n) is 8.88. The van der Waals surface area contributed by atoms with E-state index in [0.717, 1.165) is 5.52 Å². The minimum atomic E-state index is -3.55. The third-order valence-corrected chi connectivity index (χ3v) is 4.22. The normalized spacial score (nSPS) is 11.8. The molecule has 0 aliphatic heterocycles. The molecule has 0 atom stereocenters. The fraction of sp³-hybridized carbons (Fsp3) is 0.182. The highest BCUT2D eigenvalue weighted by molar-refractivity contribution is 7.91. The highest BCUT2D eigenvalue weighted by atomic mass is 32.2. The molecule has 0 saturated carbocycles. The molecule has 0 fully saturated rings. The molecule has 0 radical (unpaired) electrons. The number of aromatic nitrogens is 1. The summed E-state index contributed by atoms with van der Waals surface area (Å²) in [4.78, 5) is 13.4. The zero-order valence-corrected chi connectivity index (χ0v) is 9.70. The average molecular weight is 253 g/mol. The van der Waals surface area contributed by atoms with Crippen LogP contribution in [0.1, 0.15) is 6.42 Å². The highest BCUT2D eigenvalue weighted by Crippen LogP contribution is 2.23. The number of carbonyl (C=O) groups is 1. The maximum Gasteiger partial charge on any atom is 0.304 e. The first-order valence-corrected chi connectivity index (χ1v) is 6.66. The van der Waals surface area contributed by atoms with E-state index in [9.17, 15) is 13.2 Å². The number of aliphatic carboxylic acids is 1. The summed E-state index contributed by atoms with van der Waals surface area (Å²) in [5.41, 5.74) is 0.724. The van der Waals surface area contributed by atoms with E-state index in [4.69, 9.17) is 5.11 Å². The van der Waals surface area contributed by atoms with Gasteiger partial charge in [-0.05, 0) is 6.07 Å². The van der Waals surface area contributed by atoms with E-state index in [2.05, 4.69) is 4.98 Å². The SMILES string of the molecule is O=C(O)CCS(=O)(=O)c1c[nH]c2ccccc12. The fourth-order valence-electron chi connectivity index (χ4n) is 1.63. The van der Waals surface area contributed by atoms with Crippen molar-refractivity contribution in [1.29, 1.82) is 0 Å². The first-order chi connectivity index (χ1) is 8.00. The van der Waals surface area contributed by atoms with Gasteiger partial charge in [0.2, 0.25) is 0 Å². The summed E-state index contributed by atoms with van der Waals surface area (Å²) in [6, 6.07) is 7.00. The van der Waals surface area contributed by atoms with Crippen LogP contribution in [0.15, 0.2) is 35.4 Å². The highest BCUT2D eigenvalue weighted by Gasteiger charge is 2.19. The predicted molar refractivity (Wildman–Crippen MR) is 62.6 cm³/mol. The van der Waals surface area contributed by atoms with Crippen LogP contribution in [-0.2, 0) is 14.6 Å². The van der Waals surface area contributed by atoms with Crippen LogP contribution in [0.3, 0.4) is 0 Å². The molecule has 5 nitrogen and oxygen atoms in total. The van der Waals surface area contributed by atoms with Crippen molar-refractivity contribution >= 4 is 26.7 Å². The van der Waals surface area contributed by atoms with Crippen LogP contribution in [0.5, 0.6) is 0 Å². The van der Waals surface area contributed by atoms with Crippen molar-refractivity contribution in [3.8, 4) is 0 Å². The zero-order chi connectivity index (χ0) is 12.5. The number of para-hydroxylation sites is 1. The molecule has 1 aromatic heterocycles. The van der Waals surface area contributed by atoms with E-state index in [1.807, 2.05) is 0 Å². The molecule has 1 heterocycles. The van der Waals surface area contributed by atoms with Crippen molar-refractivity contribution in [3.63, 3.8) is 0 Å². The lowest BCUT2D eigenvalue weighted by Gasteiger charge is -2.00. The number of hydrogen-bond acceptors (Lipinski definition) is 3. The maximum atomic E-state index is 11.9. The Kier molecular flexibility index (Phi) is 2.89. The second kappa shape index (κ2) is 4.21. The number of benzene rings is 1. The number of sulfone groups is 1. The molecular formula is C11H11NO4S. The largest absolute Gasteiger partial charge is 0.481 e. The number of nitrogens with one attached hydrogen (secondary N) is 1. The second-order valence-corrected chi connectivity index (χ2v) is 5.74. The summed E-state index contributed by atoms with van der Waals surface area (Å²) >= 11 is 0. The maximum absolute atomic E-state index is 11.9. The Morgan fingerprint density at radius 2 is 2.00 bits per heavy atom. The van der Waals surface area contributed by atoms with E-state index in [1.54, 1.807) is 24.3 Å². The van der Waals surface area contributed by atoms with E-state index in [1.165, 1.54) is 6.20 Å². The molecule has 0 aliphatic rings. The van der Waals surface area contributed by atoms with E-state index < -0.39 is 15.8 Å². The number of hydrogen-bond donors (Lipinski definition) is 2. The van der Waals surface area contributed by atoms with Crippen molar-refractivity contribution in [3.05, 3.63) is 30.5 Å². The molecule has 0 bridgehead atoms. The van der Waals surface area contributed by atoms with Gasteiger partial charge in [0.25, 0.3) is 0 Å². The third kappa shape index (κ3) is 2.31. The van der Waals surface area contributed by atoms with Gasteiger partial charge < -0.3 is 10.1 Å². The van der Waals surface area contributed by atoms with Crippen molar-refractivity contribution in [2.75, 3.05) is 5.75 Å². The second-order valence-electron chi connectivity index (χ2n) is 3.66. The van der Waals surface area contributed by atoms with E-state index in [0.29, 0.717) is 5.39 Å². The van der Waals surface area contributed by atoms with Crippen LogP contribution >= 0.6 is 0 Å². The van der Waals surface area contributed by atoms with Crippen molar-refractivity contribution in [2.24, 2.45) is 0 Å². The van der Waals surface area contributed by atoms with Crippen LogP contribution in [0, 0.1) is 0 Å². The molecule has 2 N–H and O–H groups in total. The molecule has 0 aliphatic carbocycles. The first-order valence-electron chi connectivity index (χ1n) is 5.01. The molecule has 0 unspecified atom stereocenters.